The highest BCUT2D eigenvalue weighted by Crippen LogP contribution is 2.30. The Morgan fingerprint density at radius 1 is 1.03 bits per heavy atom. The van der Waals surface area contributed by atoms with Gasteiger partial charge in [0.2, 0.25) is 5.95 Å². The number of aromatic nitrogens is 2. The predicted molar refractivity (Wildman–Crippen MR) is 143 cm³/mol. The SMILES string of the molecule is CCOc1ccc(-c2cnc(Nc3cccc(S(C)(=N)=O)c3)nc2NCc2ccc(CO)cc2)cc1. The van der Waals surface area contributed by atoms with Crippen LogP contribution in [-0.4, -0.2) is 32.1 Å². The van der Waals surface area contributed by atoms with E-state index in [0.717, 1.165) is 28.0 Å². The largest absolute Gasteiger partial charge is 0.494 e. The molecule has 1 aromatic heterocycles. The van der Waals surface area contributed by atoms with Gasteiger partial charge in [0.05, 0.1) is 22.9 Å². The molecule has 0 bridgehead atoms. The zero-order valence-electron chi connectivity index (χ0n) is 20.2. The van der Waals surface area contributed by atoms with Gasteiger partial charge in [-0.15, -0.1) is 0 Å². The van der Waals surface area contributed by atoms with Gasteiger partial charge in [0.15, 0.2) is 0 Å². The molecule has 1 heterocycles. The highest BCUT2D eigenvalue weighted by Gasteiger charge is 2.12. The van der Waals surface area contributed by atoms with Gasteiger partial charge in [0.25, 0.3) is 0 Å². The Bertz CT molecular complexity index is 1420. The standard InChI is InChI=1S/C27H29N5O3S/c1-3-35-23-13-11-21(12-14-23)25-17-30-27(31-22-5-4-6-24(15-22)36(2,28)34)32-26(25)29-16-19-7-9-20(18-33)10-8-19/h4-15,17,28,33H,3,16,18H2,1-2H3,(H2,29,30,31,32). The molecule has 0 aliphatic carbocycles. The summed E-state index contributed by atoms with van der Waals surface area (Å²) < 4.78 is 25.6. The van der Waals surface area contributed by atoms with E-state index in [1.54, 1.807) is 24.4 Å². The zero-order valence-corrected chi connectivity index (χ0v) is 21.0. The Balaban J connectivity index is 1.64. The molecule has 3 aromatic carbocycles. The summed E-state index contributed by atoms with van der Waals surface area (Å²) >= 11 is 0. The van der Waals surface area contributed by atoms with E-state index in [-0.39, 0.29) is 6.61 Å². The molecule has 4 rings (SSSR count). The maximum Gasteiger partial charge on any atom is 0.229 e. The molecule has 0 aliphatic heterocycles. The van der Waals surface area contributed by atoms with Crippen molar-refractivity contribution < 1.29 is 14.1 Å². The van der Waals surface area contributed by atoms with Gasteiger partial charge < -0.3 is 20.5 Å². The first-order valence-electron chi connectivity index (χ1n) is 11.5. The summed E-state index contributed by atoms with van der Waals surface area (Å²) in [6.07, 6.45) is 3.14. The molecule has 1 unspecified atom stereocenters. The van der Waals surface area contributed by atoms with E-state index in [2.05, 4.69) is 15.6 Å². The van der Waals surface area contributed by atoms with Crippen LogP contribution in [0.1, 0.15) is 18.1 Å². The van der Waals surface area contributed by atoms with Gasteiger partial charge in [0, 0.05) is 35.1 Å². The summed E-state index contributed by atoms with van der Waals surface area (Å²) in [6.45, 7) is 3.07. The fourth-order valence-electron chi connectivity index (χ4n) is 3.58. The number of nitrogens with zero attached hydrogens (tertiary/aromatic N) is 2. The van der Waals surface area contributed by atoms with Crippen molar-refractivity contribution >= 4 is 27.2 Å². The second-order valence-corrected chi connectivity index (χ2v) is 10.4. The molecule has 4 N–H and O–H groups in total. The van der Waals surface area contributed by atoms with Gasteiger partial charge in [-0.25, -0.2) is 14.0 Å². The lowest BCUT2D eigenvalue weighted by molar-refractivity contribution is 0.282. The van der Waals surface area contributed by atoms with Crippen molar-refractivity contribution in [2.75, 3.05) is 23.5 Å². The van der Waals surface area contributed by atoms with E-state index >= 15 is 0 Å². The molecule has 36 heavy (non-hydrogen) atoms. The van der Waals surface area contributed by atoms with E-state index in [4.69, 9.17) is 14.5 Å². The number of nitrogens with one attached hydrogen (secondary N) is 3. The summed E-state index contributed by atoms with van der Waals surface area (Å²) in [5.74, 6) is 1.80. The van der Waals surface area contributed by atoms with Gasteiger partial charge in [-0.1, -0.05) is 42.5 Å². The molecule has 9 heteroatoms. The summed E-state index contributed by atoms with van der Waals surface area (Å²) in [4.78, 5) is 9.65. The molecule has 4 aromatic rings. The monoisotopic (exact) mass is 503 g/mol. The molecule has 0 saturated heterocycles. The molecule has 186 valence electrons. The van der Waals surface area contributed by atoms with Crippen LogP contribution < -0.4 is 15.4 Å². The number of anilines is 3. The lowest BCUT2D eigenvalue weighted by Crippen LogP contribution is -2.07. The number of hydrogen-bond donors (Lipinski definition) is 4. The molecule has 0 spiro atoms. The Morgan fingerprint density at radius 2 is 1.75 bits per heavy atom. The first kappa shape index (κ1) is 25.2. The van der Waals surface area contributed by atoms with Crippen molar-refractivity contribution in [3.05, 3.63) is 90.1 Å². The molecule has 1 atom stereocenters. The minimum absolute atomic E-state index is 0.00491. The number of ether oxygens (including phenoxy) is 1. The Labute approximate surface area is 211 Å². The van der Waals surface area contributed by atoms with E-state index in [9.17, 15) is 9.32 Å². The normalized spacial score (nSPS) is 12.5. The van der Waals surface area contributed by atoms with Crippen LogP contribution in [0.25, 0.3) is 11.1 Å². The fourth-order valence-corrected chi connectivity index (χ4v) is 4.27. The van der Waals surface area contributed by atoms with Gasteiger partial charge in [-0.2, -0.15) is 4.98 Å². The van der Waals surface area contributed by atoms with Crippen LogP contribution in [0.3, 0.4) is 0 Å². The van der Waals surface area contributed by atoms with Crippen molar-refractivity contribution in [2.45, 2.75) is 25.0 Å². The molecular weight excluding hydrogens is 474 g/mol. The number of benzene rings is 3. The topological polar surface area (TPSA) is 120 Å². The van der Waals surface area contributed by atoms with Crippen molar-refractivity contribution in [3.63, 3.8) is 0 Å². The Kier molecular flexibility index (Phi) is 7.82. The number of aliphatic hydroxyl groups excluding tert-OH is 1. The van der Waals surface area contributed by atoms with Gasteiger partial charge in [-0.3, -0.25) is 0 Å². The summed E-state index contributed by atoms with van der Waals surface area (Å²) in [5.41, 5.74) is 4.30. The lowest BCUT2D eigenvalue weighted by Gasteiger charge is -2.14. The molecule has 8 nitrogen and oxygen atoms in total. The van der Waals surface area contributed by atoms with Crippen LogP contribution in [0, 0.1) is 4.78 Å². The second-order valence-electron chi connectivity index (χ2n) is 8.24. The van der Waals surface area contributed by atoms with E-state index < -0.39 is 9.73 Å². The third-order valence-electron chi connectivity index (χ3n) is 5.47. The first-order chi connectivity index (χ1) is 17.4. The average molecular weight is 504 g/mol. The molecule has 0 amide bonds. The Morgan fingerprint density at radius 3 is 2.42 bits per heavy atom. The first-order valence-corrected chi connectivity index (χ1v) is 13.5. The Hall–Kier alpha value is -3.95. The molecule has 0 aliphatic rings. The van der Waals surface area contributed by atoms with Gasteiger partial charge >= 0.3 is 0 Å². The maximum atomic E-state index is 12.1. The van der Waals surface area contributed by atoms with Gasteiger partial charge in [0.1, 0.15) is 11.6 Å². The van der Waals surface area contributed by atoms with Crippen LogP contribution in [0.4, 0.5) is 17.5 Å². The highest BCUT2D eigenvalue weighted by molar-refractivity contribution is 7.91. The van der Waals surface area contributed by atoms with Crippen LogP contribution >= 0.6 is 0 Å². The molecule has 0 saturated carbocycles. The van der Waals surface area contributed by atoms with E-state index in [1.807, 2.05) is 61.5 Å². The zero-order chi connectivity index (χ0) is 25.5. The summed E-state index contributed by atoms with van der Waals surface area (Å²) in [7, 11) is -2.84. The third kappa shape index (κ3) is 6.38. The van der Waals surface area contributed by atoms with Crippen LogP contribution in [0.2, 0.25) is 0 Å². The van der Waals surface area contributed by atoms with Gasteiger partial charge in [-0.05, 0) is 53.9 Å². The van der Waals surface area contributed by atoms with Crippen LogP contribution in [0.15, 0.2) is 83.9 Å². The quantitative estimate of drug-likeness (QED) is 0.228. The average Bonchev–Trinajstić information content (AvgIpc) is 2.88. The third-order valence-corrected chi connectivity index (χ3v) is 6.62. The highest BCUT2D eigenvalue weighted by atomic mass is 32.2. The van der Waals surface area contributed by atoms with Crippen molar-refractivity contribution in [3.8, 4) is 16.9 Å². The minimum atomic E-state index is -2.84. The van der Waals surface area contributed by atoms with Crippen LogP contribution in [0.5, 0.6) is 5.75 Å². The lowest BCUT2D eigenvalue weighted by atomic mass is 10.1. The van der Waals surface area contributed by atoms with Crippen molar-refractivity contribution in [1.82, 2.24) is 9.97 Å². The molecule has 0 radical (unpaired) electrons. The number of hydrogen-bond acceptors (Lipinski definition) is 8. The molecular formula is C27H29N5O3S. The second kappa shape index (κ2) is 11.2. The predicted octanol–water partition coefficient (Wildman–Crippen LogP) is 5.43. The van der Waals surface area contributed by atoms with E-state index in [1.165, 1.54) is 6.26 Å². The summed E-state index contributed by atoms with van der Waals surface area (Å²) in [6, 6.07) is 22.4. The smallest absolute Gasteiger partial charge is 0.229 e. The number of aliphatic hydroxyl groups is 1. The van der Waals surface area contributed by atoms with Crippen LogP contribution in [-0.2, 0) is 22.9 Å². The summed E-state index contributed by atoms with van der Waals surface area (Å²) in [5, 5.41) is 15.9. The maximum absolute atomic E-state index is 12.1. The minimum Gasteiger partial charge on any atom is -0.494 e. The molecule has 0 fully saturated rings. The fraction of sp³-hybridized carbons (Fsp3) is 0.185. The van der Waals surface area contributed by atoms with Crippen molar-refractivity contribution in [1.29, 1.82) is 4.78 Å². The van der Waals surface area contributed by atoms with E-state index in [0.29, 0.717) is 35.5 Å². The number of rotatable bonds is 10. The van der Waals surface area contributed by atoms with Crippen molar-refractivity contribution in [2.24, 2.45) is 0 Å².